The van der Waals surface area contributed by atoms with Crippen LogP contribution in [-0.4, -0.2) is 34.0 Å². The minimum Gasteiger partial charge on any atom is -0.481 e. The first kappa shape index (κ1) is 18.7. The number of rotatable bonds is 7. The van der Waals surface area contributed by atoms with E-state index in [4.69, 9.17) is 15.9 Å². The third-order valence-electron chi connectivity index (χ3n) is 1.70. The van der Waals surface area contributed by atoms with Crippen LogP contribution in [0.25, 0.3) is 0 Å². The molecule has 0 saturated carbocycles. The second-order valence-electron chi connectivity index (χ2n) is 3.40. The van der Waals surface area contributed by atoms with Gasteiger partial charge in [-0.15, -0.1) is 0 Å². The summed E-state index contributed by atoms with van der Waals surface area (Å²) in [5.41, 5.74) is 9.55. The highest BCUT2D eigenvalue weighted by Gasteiger charge is 2.05. The van der Waals surface area contributed by atoms with Crippen LogP contribution in [0, 0.1) is 0 Å². The van der Waals surface area contributed by atoms with Gasteiger partial charge in [0.1, 0.15) is 0 Å². The molecule has 8 nitrogen and oxygen atoms in total. The van der Waals surface area contributed by atoms with E-state index in [1.165, 1.54) is 0 Å². The Morgan fingerprint density at radius 2 is 1.21 bits per heavy atom. The maximum Gasteiger partial charge on any atom is 0.308 e. The minimum atomic E-state index is -1.10. The zero-order valence-electron chi connectivity index (χ0n) is 10.2. The van der Waals surface area contributed by atoms with Crippen molar-refractivity contribution in [1.29, 1.82) is 0 Å². The lowest BCUT2D eigenvalue weighted by Crippen LogP contribution is -2.15. The Bertz CT molecular complexity index is 413. The van der Waals surface area contributed by atoms with Crippen molar-refractivity contribution >= 4 is 23.8 Å². The average molecular weight is 272 g/mol. The first-order chi connectivity index (χ1) is 8.57. The molecule has 0 aromatic heterocycles. The lowest BCUT2D eigenvalue weighted by molar-refractivity contribution is -0.137. The summed E-state index contributed by atoms with van der Waals surface area (Å²) >= 11 is 0. The van der Waals surface area contributed by atoms with Crippen LogP contribution in [0.15, 0.2) is 24.3 Å². The van der Waals surface area contributed by atoms with Crippen LogP contribution in [0.1, 0.15) is 19.3 Å². The second kappa shape index (κ2) is 9.40. The minimum absolute atomic E-state index is 0.0810. The third-order valence-corrected chi connectivity index (χ3v) is 1.70. The van der Waals surface area contributed by atoms with Crippen LogP contribution in [0.3, 0.4) is 0 Å². The van der Waals surface area contributed by atoms with Gasteiger partial charge in [0.15, 0.2) is 0 Å². The number of hydrogen-bond donors (Lipinski definition) is 4. The Morgan fingerprint density at radius 1 is 0.789 bits per heavy atom. The van der Waals surface area contributed by atoms with Crippen LogP contribution in [0.5, 0.6) is 0 Å². The van der Waals surface area contributed by atoms with Crippen molar-refractivity contribution < 1.29 is 29.4 Å². The van der Waals surface area contributed by atoms with Crippen molar-refractivity contribution in [3.8, 4) is 0 Å². The highest BCUT2D eigenvalue weighted by molar-refractivity contribution is 5.95. The van der Waals surface area contributed by atoms with Crippen LogP contribution in [0.4, 0.5) is 0 Å². The van der Waals surface area contributed by atoms with Crippen molar-refractivity contribution in [3.63, 3.8) is 0 Å². The number of carboxylic acid groups (broad SMARTS) is 2. The summed E-state index contributed by atoms with van der Waals surface area (Å²) in [7, 11) is 0. The first-order valence-electron chi connectivity index (χ1n) is 4.96. The molecule has 106 valence electrons. The van der Waals surface area contributed by atoms with Crippen molar-refractivity contribution in [2.45, 2.75) is 19.3 Å². The smallest absolute Gasteiger partial charge is 0.308 e. The van der Waals surface area contributed by atoms with Crippen molar-refractivity contribution in [1.82, 2.24) is 0 Å². The Labute approximate surface area is 109 Å². The Kier molecular flexibility index (Phi) is 9.26. The van der Waals surface area contributed by atoms with E-state index in [-0.39, 0.29) is 30.4 Å². The molecule has 0 rings (SSSR count). The summed E-state index contributed by atoms with van der Waals surface area (Å²) in [5, 5.41) is 16.2. The molecule has 0 bridgehead atoms. The molecule has 0 atom stereocenters. The summed E-state index contributed by atoms with van der Waals surface area (Å²) in [4.78, 5) is 40.1. The van der Waals surface area contributed by atoms with Crippen LogP contribution in [0.2, 0.25) is 0 Å². The normalized spacial score (nSPS) is 8.63. The van der Waals surface area contributed by atoms with Gasteiger partial charge in [0.2, 0.25) is 11.8 Å². The van der Waals surface area contributed by atoms with Crippen molar-refractivity contribution in [2.24, 2.45) is 11.5 Å². The van der Waals surface area contributed by atoms with Gasteiger partial charge in [-0.2, -0.15) is 0 Å². The first-order valence-corrected chi connectivity index (χ1v) is 4.96. The molecule has 0 saturated heterocycles. The molecule has 0 aromatic rings. The molecular weight excluding hydrogens is 256 g/mol. The predicted octanol–water partition coefficient (Wildman–Crippen LogP) is -0.605. The third kappa shape index (κ3) is 13.3. The molecule has 2 amide bonds. The number of carbonyl (C=O) groups excluding carboxylic acids is 2. The molecule has 0 radical (unpaired) electrons. The van der Waals surface area contributed by atoms with Gasteiger partial charge in [0.25, 0.3) is 0 Å². The highest BCUT2D eigenvalue weighted by atomic mass is 16.4. The lowest BCUT2D eigenvalue weighted by atomic mass is 10.1. The summed E-state index contributed by atoms with van der Waals surface area (Å²) < 4.78 is 0. The van der Waals surface area contributed by atoms with E-state index in [1.807, 2.05) is 0 Å². The van der Waals surface area contributed by atoms with Crippen LogP contribution < -0.4 is 11.5 Å². The predicted molar refractivity (Wildman–Crippen MR) is 65.8 cm³/mol. The fraction of sp³-hybridized carbons (Fsp3) is 0.273. The number of aliphatic carboxylic acids is 2. The van der Waals surface area contributed by atoms with E-state index in [1.54, 1.807) is 0 Å². The zero-order chi connectivity index (χ0) is 15.6. The van der Waals surface area contributed by atoms with Crippen LogP contribution in [-0.2, 0) is 19.2 Å². The number of primary amides is 2. The van der Waals surface area contributed by atoms with Gasteiger partial charge in [-0.25, -0.2) is 0 Å². The zero-order valence-corrected chi connectivity index (χ0v) is 10.2. The number of carbonyl (C=O) groups is 4. The topological polar surface area (TPSA) is 161 Å². The van der Waals surface area contributed by atoms with Gasteiger partial charge < -0.3 is 21.7 Å². The quantitative estimate of drug-likeness (QED) is 0.452. The fourth-order valence-corrected chi connectivity index (χ4v) is 0.651. The average Bonchev–Trinajstić information content (AvgIpc) is 2.25. The molecule has 0 aromatic carbocycles. The Hall–Kier alpha value is -2.64. The van der Waals surface area contributed by atoms with Gasteiger partial charge in [0.05, 0.1) is 6.42 Å². The summed E-state index contributed by atoms with van der Waals surface area (Å²) in [6, 6.07) is 0. The molecule has 0 aliphatic rings. The molecule has 0 aliphatic heterocycles. The summed E-state index contributed by atoms with van der Waals surface area (Å²) in [6.45, 7) is 6.43. The van der Waals surface area contributed by atoms with E-state index >= 15 is 0 Å². The maximum atomic E-state index is 10.2. The lowest BCUT2D eigenvalue weighted by Gasteiger charge is -1.95. The Balaban J connectivity index is 0. The second-order valence-corrected chi connectivity index (χ2v) is 3.40. The Morgan fingerprint density at radius 3 is 1.42 bits per heavy atom. The largest absolute Gasteiger partial charge is 0.481 e. The molecule has 19 heavy (non-hydrogen) atoms. The molecule has 0 aliphatic carbocycles. The van der Waals surface area contributed by atoms with E-state index in [9.17, 15) is 19.2 Å². The summed E-state index contributed by atoms with van der Waals surface area (Å²) in [5.74, 6) is -3.46. The summed E-state index contributed by atoms with van der Waals surface area (Å²) in [6.07, 6.45) is -0.345. The SMILES string of the molecule is C=C(CC(=O)O)C(N)=O.C=C(CCC(=O)O)C(N)=O. The molecule has 0 unspecified atom stereocenters. The standard InChI is InChI=1S/C6H9NO3.C5H7NO3/c1-4(6(7)10)2-3-5(8)9;1-3(5(6)9)2-4(7)8/h1-3H2,(H2,7,10)(H,8,9);1-2H2,(H2,6,9)(H,7,8). The van der Waals surface area contributed by atoms with Crippen molar-refractivity contribution in [3.05, 3.63) is 24.3 Å². The van der Waals surface area contributed by atoms with Gasteiger partial charge >= 0.3 is 11.9 Å². The molecule has 0 spiro atoms. The molecule has 0 heterocycles. The molecule has 8 heteroatoms. The maximum absolute atomic E-state index is 10.2. The van der Waals surface area contributed by atoms with Gasteiger partial charge in [-0.3, -0.25) is 19.2 Å². The molecular formula is C11H16N2O6. The van der Waals surface area contributed by atoms with Crippen LogP contribution >= 0.6 is 0 Å². The van der Waals surface area contributed by atoms with Crippen molar-refractivity contribution in [2.75, 3.05) is 0 Å². The number of amides is 2. The van der Waals surface area contributed by atoms with Gasteiger partial charge in [-0.1, -0.05) is 13.2 Å². The fourth-order valence-electron chi connectivity index (χ4n) is 0.651. The monoisotopic (exact) mass is 272 g/mol. The molecule has 0 fully saturated rings. The van der Waals surface area contributed by atoms with E-state index in [0.29, 0.717) is 0 Å². The molecule has 6 N–H and O–H groups in total. The van der Waals surface area contributed by atoms with Gasteiger partial charge in [0, 0.05) is 17.6 Å². The highest BCUT2D eigenvalue weighted by Crippen LogP contribution is 1.99. The van der Waals surface area contributed by atoms with E-state index in [0.717, 1.165) is 0 Å². The van der Waals surface area contributed by atoms with Gasteiger partial charge in [-0.05, 0) is 6.42 Å². The van der Waals surface area contributed by atoms with E-state index in [2.05, 4.69) is 18.9 Å². The van der Waals surface area contributed by atoms with E-state index < -0.39 is 23.8 Å². The number of hydrogen-bond acceptors (Lipinski definition) is 4. The number of nitrogens with two attached hydrogens (primary N) is 2. The number of carboxylic acids is 2.